The molecule has 0 unspecified atom stereocenters. The number of nitrogens with zero attached hydrogens (tertiary/aromatic N) is 1. The number of aliphatic hydroxyl groups is 1. The fourth-order valence-corrected chi connectivity index (χ4v) is 1.29. The first-order valence-electron chi connectivity index (χ1n) is 4.31. The number of rotatable bonds is 3. The van der Waals surface area contributed by atoms with Crippen LogP contribution in [0.15, 0.2) is 12.3 Å². The summed E-state index contributed by atoms with van der Waals surface area (Å²) >= 11 is 0. The van der Waals surface area contributed by atoms with Crippen LogP contribution in [0.1, 0.15) is 18.1 Å². The normalized spacial score (nSPS) is 12.6. The van der Waals surface area contributed by atoms with E-state index in [2.05, 4.69) is 4.98 Å². The number of ether oxygens (including phenoxy) is 1. The van der Waals surface area contributed by atoms with Gasteiger partial charge in [-0.2, -0.15) is 0 Å². The first kappa shape index (κ1) is 9.99. The van der Waals surface area contributed by atoms with E-state index >= 15 is 0 Å². The van der Waals surface area contributed by atoms with Gasteiger partial charge in [-0.15, -0.1) is 0 Å². The quantitative estimate of drug-likeness (QED) is 0.764. The first-order valence-corrected chi connectivity index (χ1v) is 4.31. The van der Waals surface area contributed by atoms with Gasteiger partial charge in [0.25, 0.3) is 0 Å². The third-order valence-electron chi connectivity index (χ3n) is 1.81. The molecule has 0 amide bonds. The molecule has 1 aromatic rings. The van der Waals surface area contributed by atoms with Crippen molar-refractivity contribution in [3.63, 3.8) is 0 Å². The highest BCUT2D eigenvalue weighted by atomic mass is 16.5. The molecule has 0 aliphatic heterocycles. The maximum atomic E-state index is 9.16. The molecule has 3 heteroatoms. The number of pyridine rings is 1. The van der Waals surface area contributed by atoms with Crippen molar-refractivity contribution in [3.8, 4) is 5.88 Å². The summed E-state index contributed by atoms with van der Waals surface area (Å²) in [5, 5.41) is 9.16. The molecule has 13 heavy (non-hydrogen) atoms. The van der Waals surface area contributed by atoms with E-state index in [1.165, 1.54) is 0 Å². The Hall–Kier alpha value is -1.09. The van der Waals surface area contributed by atoms with Crippen molar-refractivity contribution < 1.29 is 9.84 Å². The van der Waals surface area contributed by atoms with Crippen LogP contribution < -0.4 is 4.74 Å². The van der Waals surface area contributed by atoms with Crippen LogP contribution in [0.3, 0.4) is 0 Å². The van der Waals surface area contributed by atoms with Gasteiger partial charge in [0.2, 0.25) is 5.88 Å². The summed E-state index contributed by atoms with van der Waals surface area (Å²) in [6, 6.07) is 1.98. The predicted octanol–water partition coefficient (Wildman–Crippen LogP) is 1.32. The summed E-state index contributed by atoms with van der Waals surface area (Å²) < 4.78 is 5.03. The molecule has 0 fully saturated rings. The molecular weight excluding hydrogens is 166 g/mol. The van der Waals surface area contributed by atoms with Crippen LogP contribution in [0.2, 0.25) is 0 Å². The zero-order valence-electron chi connectivity index (χ0n) is 8.24. The first-order chi connectivity index (χ1) is 6.13. The average Bonchev–Trinajstić information content (AvgIpc) is 2.03. The van der Waals surface area contributed by atoms with E-state index in [0.717, 1.165) is 11.1 Å². The highest BCUT2D eigenvalue weighted by molar-refractivity contribution is 5.28. The van der Waals surface area contributed by atoms with E-state index < -0.39 is 0 Å². The second kappa shape index (κ2) is 4.23. The summed E-state index contributed by atoms with van der Waals surface area (Å²) in [5.74, 6) is 0.648. The number of hydrogen-bond donors (Lipinski definition) is 1. The number of methoxy groups -OCH3 is 1. The standard InChI is InChI=1S/C10H15NO2/c1-7-4-9(5-8(2)12)6-11-10(7)13-3/h4,6,8,12H,5H2,1-3H3/t8-/m1/s1. The third-order valence-corrected chi connectivity index (χ3v) is 1.81. The van der Waals surface area contributed by atoms with Gasteiger partial charge in [-0.3, -0.25) is 0 Å². The van der Waals surface area contributed by atoms with E-state index in [0.29, 0.717) is 12.3 Å². The fourth-order valence-electron chi connectivity index (χ4n) is 1.29. The van der Waals surface area contributed by atoms with E-state index in [1.807, 2.05) is 13.0 Å². The summed E-state index contributed by atoms with van der Waals surface area (Å²) in [7, 11) is 1.60. The lowest BCUT2D eigenvalue weighted by molar-refractivity contribution is 0.195. The number of aromatic nitrogens is 1. The molecule has 1 atom stereocenters. The van der Waals surface area contributed by atoms with Gasteiger partial charge in [-0.1, -0.05) is 0 Å². The summed E-state index contributed by atoms with van der Waals surface area (Å²) in [6.45, 7) is 3.71. The molecule has 0 aromatic carbocycles. The van der Waals surface area contributed by atoms with Crippen LogP contribution in [0.5, 0.6) is 5.88 Å². The third kappa shape index (κ3) is 2.70. The SMILES string of the molecule is COc1ncc(C[C@@H](C)O)cc1C. The average molecular weight is 181 g/mol. The molecule has 0 spiro atoms. The lowest BCUT2D eigenvalue weighted by Crippen LogP contribution is -2.05. The molecule has 0 saturated carbocycles. The van der Waals surface area contributed by atoms with Crippen LogP contribution in [-0.2, 0) is 6.42 Å². The lowest BCUT2D eigenvalue weighted by atomic mass is 10.1. The molecule has 3 nitrogen and oxygen atoms in total. The Morgan fingerprint density at radius 2 is 2.31 bits per heavy atom. The number of aliphatic hydroxyl groups excluding tert-OH is 1. The maximum Gasteiger partial charge on any atom is 0.215 e. The fraction of sp³-hybridized carbons (Fsp3) is 0.500. The molecule has 1 aromatic heterocycles. The molecule has 1 heterocycles. The summed E-state index contributed by atoms with van der Waals surface area (Å²) in [5.41, 5.74) is 2.04. The highest BCUT2D eigenvalue weighted by Crippen LogP contribution is 2.15. The Balaban J connectivity index is 2.83. The van der Waals surface area contributed by atoms with Gasteiger partial charge in [0, 0.05) is 11.8 Å². The molecule has 0 bridgehead atoms. The van der Waals surface area contributed by atoms with Crippen molar-refractivity contribution in [2.24, 2.45) is 0 Å². The smallest absolute Gasteiger partial charge is 0.215 e. The number of aryl methyl sites for hydroxylation is 1. The molecule has 0 radical (unpaired) electrons. The largest absolute Gasteiger partial charge is 0.481 e. The second-order valence-electron chi connectivity index (χ2n) is 3.22. The van der Waals surface area contributed by atoms with Crippen molar-refractivity contribution >= 4 is 0 Å². The second-order valence-corrected chi connectivity index (χ2v) is 3.22. The van der Waals surface area contributed by atoms with Crippen molar-refractivity contribution in [3.05, 3.63) is 23.4 Å². The molecule has 0 aliphatic rings. The maximum absolute atomic E-state index is 9.16. The highest BCUT2D eigenvalue weighted by Gasteiger charge is 2.03. The van der Waals surface area contributed by atoms with Gasteiger partial charge in [-0.25, -0.2) is 4.98 Å². The zero-order chi connectivity index (χ0) is 9.84. The topological polar surface area (TPSA) is 42.4 Å². The van der Waals surface area contributed by atoms with Crippen molar-refractivity contribution in [2.75, 3.05) is 7.11 Å². The molecule has 1 rings (SSSR count). The Morgan fingerprint density at radius 1 is 1.62 bits per heavy atom. The van der Waals surface area contributed by atoms with Gasteiger partial charge >= 0.3 is 0 Å². The van der Waals surface area contributed by atoms with Gasteiger partial charge in [0.1, 0.15) is 0 Å². The Morgan fingerprint density at radius 3 is 2.77 bits per heavy atom. The Bertz CT molecular complexity index is 284. The molecular formula is C10H15NO2. The van der Waals surface area contributed by atoms with E-state index in [-0.39, 0.29) is 6.10 Å². The van der Waals surface area contributed by atoms with E-state index in [4.69, 9.17) is 9.84 Å². The summed E-state index contributed by atoms with van der Waals surface area (Å²) in [6.07, 6.45) is 2.05. The van der Waals surface area contributed by atoms with Crippen LogP contribution in [0.4, 0.5) is 0 Å². The lowest BCUT2D eigenvalue weighted by Gasteiger charge is -2.07. The van der Waals surface area contributed by atoms with Crippen molar-refractivity contribution in [2.45, 2.75) is 26.4 Å². The van der Waals surface area contributed by atoms with E-state index in [9.17, 15) is 0 Å². The Labute approximate surface area is 78.4 Å². The van der Waals surface area contributed by atoms with Crippen LogP contribution in [0.25, 0.3) is 0 Å². The minimum atomic E-state index is -0.324. The molecule has 72 valence electrons. The summed E-state index contributed by atoms with van der Waals surface area (Å²) in [4.78, 5) is 4.12. The molecule has 0 aliphatic carbocycles. The minimum Gasteiger partial charge on any atom is -0.481 e. The van der Waals surface area contributed by atoms with E-state index in [1.54, 1.807) is 20.2 Å². The molecule has 0 saturated heterocycles. The minimum absolute atomic E-state index is 0.324. The van der Waals surface area contributed by atoms with Crippen molar-refractivity contribution in [1.82, 2.24) is 4.98 Å². The Kier molecular flexibility index (Phi) is 3.25. The molecule has 1 N–H and O–H groups in total. The van der Waals surface area contributed by atoms with Crippen molar-refractivity contribution in [1.29, 1.82) is 0 Å². The van der Waals surface area contributed by atoms with Crippen LogP contribution in [0, 0.1) is 6.92 Å². The van der Waals surface area contributed by atoms with Gasteiger partial charge in [0.15, 0.2) is 0 Å². The van der Waals surface area contributed by atoms with Crippen LogP contribution >= 0.6 is 0 Å². The van der Waals surface area contributed by atoms with Gasteiger partial charge in [-0.05, 0) is 31.9 Å². The number of hydrogen-bond acceptors (Lipinski definition) is 3. The van der Waals surface area contributed by atoms with Gasteiger partial charge < -0.3 is 9.84 Å². The zero-order valence-corrected chi connectivity index (χ0v) is 8.24. The van der Waals surface area contributed by atoms with Crippen LogP contribution in [-0.4, -0.2) is 23.3 Å². The van der Waals surface area contributed by atoms with Gasteiger partial charge in [0.05, 0.1) is 13.2 Å². The monoisotopic (exact) mass is 181 g/mol. The predicted molar refractivity (Wildman–Crippen MR) is 50.9 cm³/mol.